The molecule has 0 saturated heterocycles. The fourth-order valence-electron chi connectivity index (χ4n) is 1.11. The maximum absolute atomic E-state index is 13.2. The normalized spacial score (nSPS) is 10.2. The second kappa shape index (κ2) is 4.93. The highest BCUT2D eigenvalue weighted by atomic mass is 79.9. The van der Waals surface area contributed by atoms with Crippen LogP contribution in [0.25, 0.3) is 0 Å². The topological polar surface area (TPSA) is 22.1 Å². The molecule has 2 nitrogen and oxygen atoms in total. The Bertz CT molecular complexity index is 519. The van der Waals surface area contributed by atoms with Gasteiger partial charge in [0.25, 0.3) is 0 Å². The van der Waals surface area contributed by atoms with Crippen molar-refractivity contribution in [3.63, 3.8) is 0 Å². The first kappa shape index (κ1) is 11.5. The van der Waals surface area contributed by atoms with Crippen molar-refractivity contribution in [3.8, 4) is 11.6 Å². The van der Waals surface area contributed by atoms with Crippen LogP contribution in [0.15, 0.2) is 45.5 Å². The largest absolute Gasteiger partial charge is 0.439 e. The molecule has 16 heavy (non-hydrogen) atoms. The van der Waals surface area contributed by atoms with Gasteiger partial charge in [-0.15, -0.1) is 0 Å². The van der Waals surface area contributed by atoms with Crippen LogP contribution in [-0.4, -0.2) is 4.98 Å². The lowest BCUT2D eigenvalue weighted by molar-refractivity contribution is 0.456. The maximum Gasteiger partial charge on any atom is 0.220 e. The first-order valence-electron chi connectivity index (χ1n) is 4.40. The Morgan fingerprint density at radius 1 is 1.12 bits per heavy atom. The van der Waals surface area contributed by atoms with Crippen LogP contribution in [0.3, 0.4) is 0 Å². The van der Waals surface area contributed by atoms with E-state index in [2.05, 4.69) is 36.8 Å². The number of nitrogens with zero attached hydrogens (tertiary/aromatic N) is 1. The molecule has 0 amide bonds. The van der Waals surface area contributed by atoms with Gasteiger partial charge < -0.3 is 4.74 Å². The van der Waals surface area contributed by atoms with Gasteiger partial charge in [0.15, 0.2) is 0 Å². The van der Waals surface area contributed by atoms with Gasteiger partial charge in [-0.2, -0.15) is 0 Å². The molecule has 0 atom stereocenters. The first-order chi connectivity index (χ1) is 7.65. The molecule has 82 valence electrons. The molecule has 0 N–H and O–H groups in total. The lowest BCUT2D eigenvalue weighted by atomic mass is 10.3. The third-order valence-corrected chi connectivity index (χ3v) is 2.89. The van der Waals surface area contributed by atoms with Crippen molar-refractivity contribution in [2.24, 2.45) is 0 Å². The van der Waals surface area contributed by atoms with Crippen molar-refractivity contribution in [1.29, 1.82) is 0 Å². The molecular formula is C11H6Br2FNO. The van der Waals surface area contributed by atoms with E-state index in [1.54, 1.807) is 30.3 Å². The molecule has 0 aliphatic carbocycles. The van der Waals surface area contributed by atoms with Gasteiger partial charge in [-0.25, -0.2) is 9.37 Å². The molecule has 0 spiro atoms. The minimum absolute atomic E-state index is 0.368. The molecule has 1 aromatic carbocycles. The van der Waals surface area contributed by atoms with E-state index in [1.807, 2.05) is 0 Å². The number of ether oxygens (including phenoxy) is 1. The van der Waals surface area contributed by atoms with Crippen LogP contribution < -0.4 is 4.74 Å². The number of benzene rings is 1. The predicted octanol–water partition coefficient (Wildman–Crippen LogP) is 4.54. The van der Waals surface area contributed by atoms with E-state index in [9.17, 15) is 4.39 Å². The molecule has 1 aromatic heterocycles. The molecular weight excluding hydrogens is 341 g/mol. The standard InChI is InChI=1S/C11H6Br2FNO/c12-8-5-4-7(6-9(8)14)16-11-3-1-2-10(13)15-11/h1-6H. The molecule has 0 aliphatic heterocycles. The monoisotopic (exact) mass is 345 g/mol. The van der Waals surface area contributed by atoms with Crippen LogP contribution in [0.5, 0.6) is 11.6 Å². The van der Waals surface area contributed by atoms with Crippen molar-refractivity contribution < 1.29 is 9.13 Å². The maximum atomic E-state index is 13.2. The van der Waals surface area contributed by atoms with E-state index in [0.717, 1.165) is 0 Å². The zero-order valence-electron chi connectivity index (χ0n) is 7.95. The average Bonchev–Trinajstić information content (AvgIpc) is 2.24. The highest BCUT2D eigenvalue weighted by molar-refractivity contribution is 9.10. The van der Waals surface area contributed by atoms with Crippen LogP contribution in [0.2, 0.25) is 0 Å². The van der Waals surface area contributed by atoms with Crippen molar-refractivity contribution in [3.05, 3.63) is 51.3 Å². The lowest BCUT2D eigenvalue weighted by Gasteiger charge is -2.05. The van der Waals surface area contributed by atoms with E-state index in [0.29, 0.717) is 20.7 Å². The zero-order chi connectivity index (χ0) is 11.5. The summed E-state index contributed by atoms with van der Waals surface area (Å²) in [5.41, 5.74) is 0. The summed E-state index contributed by atoms with van der Waals surface area (Å²) >= 11 is 6.30. The van der Waals surface area contributed by atoms with Gasteiger partial charge in [0.2, 0.25) is 5.88 Å². The molecule has 0 aliphatic rings. The van der Waals surface area contributed by atoms with Crippen LogP contribution in [0, 0.1) is 5.82 Å². The molecule has 1 heterocycles. The van der Waals surface area contributed by atoms with E-state index in [-0.39, 0.29) is 5.82 Å². The van der Waals surface area contributed by atoms with Gasteiger partial charge in [-0.05, 0) is 50.1 Å². The summed E-state index contributed by atoms with van der Waals surface area (Å²) in [4.78, 5) is 4.08. The quantitative estimate of drug-likeness (QED) is 0.745. The molecule has 2 rings (SSSR count). The van der Waals surface area contributed by atoms with Crippen LogP contribution in [0.4, 0.5) is 4.39 Å². The number of hydrogen-bond acceptors (Lipinski definition) is 2. The van der Waals surface area contributed by atoms with E-state index >= 15 is 0 Å². The Kier molecular flexibility index (Phi) is 3.56. The van der Waals surface area contributed by atoms with Crippen LogP contribution in [0.1, 0.15) is 0 Å². The van der Waals surface area contributed by atoms with Gasteiger partial charge in [-0.3, -0.25) is 0 Å². The third-order valence-electron chi connectivity index (χ3n) is 1.80. The Morgan fingerprint density at radius 2 is 1.94 bits per heavy atom. The van der Waals surface area contributed by atoms with E-state index < -0.39 is 0 Å². The molecule has 5 heteroatoms. The van der Waals surface area contributed by atoms with Gasteiger partial charge in [0, 0.05) is 12.1 Å². The van der Waals surface area contributed by atoms with E-state index in [4.69, 9.17) is 4.74 Å². The van der Waals surface area contributed by atoms with Gasteiger partial charge in [0.05, 0.1) is 4.47 Å². The van der Waals surface area contributed by atoms with Gasteiger partial charge in [-0.1, -0.05) is 6.07 Å². The molecule has 0 bridgehead atoms. The average molecular weight is 347 g/mol. The highest BCUT2D eigenvalue weighted by Gasteiger charge is 2.03. The Labute approximate surface area is 109 Å². The van der Waals surface area contributed by atoms with Crippen molar-refractivity contribution >= 4 is 31.9 Å². The molecule has 0 saturated carbocycles. The van der Waals surface area contributed by atoms with Crippen molar-refractivity contribution in [1.82, 2.24) is 4.98 Å². The number of rotatable bonds is 2. The van der Waals surface area contributed by atoms with Crippen molar-refractivity contribution in [2.75, 3.05) is 0 Å². The second-order valence-electron chi connectivity index (χ2n) is 2.98. The van der Waals surface area contributed by atoms with Crippen LogP contribution in [-0.2, 0) is 0 Å². The highest BCUT2D eigenvalue weighted by Crippen LogP contribution is 2.25. The minimum atomic E-state index is -0.368. The summed E-state index contributed by atoms with van der Waals surface area (Å²) in [6, 6.07) is 9.83. The van der Waals surface area contributed by atoms with Gasteiger partial charge in [0.1, 0.15) is 16.2 Å². The number of pyridine rings is 1. The first-order valence-corrected chi connectivity index (χ1v) is 5.99. The summed E-state index contributed by atoms with van der Waals surface area (Å²) in [7, 11) is 0. The summed E-state index contributed by atoms with van der Waals surface area (Å²) < 4.78 is 19.7. The van der Waals surface area contributed by atoms with E-state index in [1.165, 1.54) is 6.07 Å². The molecule has 0 fully saturated rings. The fourth-order valence-corrected chi connectivity index (χ4v) is 1.68. The molecule has 0 radical (unpaired) electrons. The third kappa shape index (κ3) is 2.80. The van der Waals surface area contributed by atoms with Crippen LogP contribution >= 0.6 is 31.9 Å². The smallest absolute Gasteiger partial charge is 0.220 e. The summed E-state index contributed by atoms with van der Waals surface area (Å²) in [6.45, 7) is 0. The molecule has 2 aromatic rings. The number of aromatic nitrogens is 1. The summed E-state index contributed by atoms with van der Waals surface area (Å²) in [6.07, 6.45) is 0. The minimum Gasteiger partial charge on any atom is -0.439 e. The Morgan fingerprint density at radius 3 is 2.62 bits per heavy atom. The fraction of sp³-hybridized carbons (Fsp3) is 0. The number of hydrogen-bond donors (Lipinski definition) is 0. The molecule has 0 unspecified atom stereocenters. The second-order valence-corrected chi connectivity index (χ2v) is 4.64. The zero-order valence-corrected chi connectivity index (χ0v) is 11.1. The SMILES string of the molecule is Fc1cc(Oc2cccc(Br)n2)ccc1Br. The van der Waals surface area contributed by atoms with Gasteiger partial charge >= 0.3 is 0 Å². The Hall–Kier alpha value is -0.940. The lowest BCUT2D eigenvalue weighted by Crippen LogP contribution is -1.88. The summed E-state index contributed by atoms with van der Waals surface area (Å²) in [5.74, 6) is 0.454. The van der Waals surface area contributed by atoms with Crippen molar-refractivity contribution in [2.45, 2.75) is 0 Å². The Balaban J connectivity index is 2.24. The summed E-state index contributed by atoms with van der Waals surface area (Å²) in [5, 5.41) is 0. The predicted molar refractivity (Wildman–Crippen MR) is 66.1 cm³/mol. The number of halogens is 3.